The van der Waals surface area contributed by atoms with Crippen LogP contribution in [0, 0.1) is 11.3 Å². The fraction of sp³-hybridized carbons (Fsp3) is 0.103. The van der Waals surface area contributed by atoms with E-state index in [2.05, 4.69) is 39.4 Å². The summed E-state index contributed by atoms with van der Waals surface area (Å²) in [5.41, 5.74) is 2.29. The standard InChI is InChI=1S/C29H23BrN2O3/c1-2-34-27-17-20(15-23(18-31)29(33)32-24-12-4-3-5-13-24)16-26(30)28(27)35-19-22-11-8-10-21-9-6-7-14-25(21)22/h3-17H,2,19H2,1H3,(H,32,33)/b23-15+. The number of carbonyl (C=O) groups excluding carboxylic acids is 1. The Morgan fingerprint density at radius 1 is 1.00 bits per heavy atom. The zero-order valence-electron chi connectivity index (χ0n) is 19.1. The van der Waals surface area contributed by atoms with Crippen molar-refractivity contribution in [3.63, 3.8) is 0 Å². The van der Waals surface area contributed by atoms with Crippen molar-refractivity contribution in [3.8, 4) is 17.6 Å². The smallest absolute Gasteiger partial charge is 0.266 e. The highest BCUT2D eigenvalue weighted by Gasteiger charge is 2.15. The molecule has 4 rings (SSSR count). The van der Waals surface area contributed by atoms with E-state index in [4.69, 9.17) is 9.47 Å². The van der Waals surface area contributed by atoms with Gasteiger partial charge in [0.1, 0.15) is 18.2 Å². The van der Waals surface area contributed by atoms with Gasteiger partial charge in [0, 0.05) is 5.69 Å². The van der Waals surface area contributed by atoms with Crippen molar-refractivity contribution in [1.29, 1.82) is 5.26 Å². The normalized spacial score (nSPS) is 11.1. The number of hydrogen-bond donors (Lipinski definition) is 1. The predicted molar refractivity (Wildman–Crippen MR) is 142 cm³/mol. The van der Waals surface area contributed by atoms with Gasteiger partial charge in [-0.15, -0.1) is 0 Å². The Labute approximate surface area is 212 Å². The quantitative estimate of drug-likeness (QED) is 0.196. The van der Waals surface area contributed by atoms with Crippen LogP contribution in [0.3, 0.4) is 0 Å². The Hall–Kier alpha value is -4.08. The van der Waals surface area contributed by atoms with Crippen LogP contribution < -0.4 is 14.8 Å². The van der Waals surface area contributed by atoms with Gasteiger partial charge < -0.3 is 14.8 Å². The van der Waals surface area contributed by atoms with Crippen LogP contribution in [0.1, 0.15) is 18.1 Å². The molecule has 0 atom stereocenters. The monoisotopic (exact) mass is 526 g/mol. The lowest BCUT2D eigenvalue weighted by Gasteiger charge is -2.16. The first kappa shape index (κ1) is 24.1. The molecule has 35 heavy (non-hydrogen) atoms. The number of carbonyl (C=O) groups is 1. The number of nitriles is 1. The first-order chi connectivity index (χ1) is 17.1. The zero-order valence-corrected chi connectivity index (χ0v) is 20.7. The Morgan fingerprint density at radius 3 is 2.51 bits per heavy atom. The summed E-state index contributed by atoms with van der Waals surface area (Å²) in [5, 5.41) is 14.6. The number of anilines is 1. The maximum atomic E-state index is 12.6. The maximum Gasteiger partial charge on any atom is 0.266 e. The third kappa shape index (κ3) is 5.89. The summed E-state index contributed by atoms with van der Waals surface area (Å²) < 4.78 is 12.7. The maximum absolute atomic E-state index is 12.6. The number of benzene rings is 4. The summed E-state index contributed by atoms with van der Waals surface area (Å²) in [6.07, 6.45) is 1.53. The first-order valence-electron chi connectivity index (χ1n) is 11.1. The summed E-state index contributed by atoms with van der Waals surface area (Å²) in [4.78, 5) is 12.6. The zero-order chi connectivity index (χ0) is 24.6. The van der Waals surface area contributed by atoms with Gasteiger partial charge >= 0.3 is 0 Å². The number of ether oxygens (including phenoxy) is 2. The summed E-state index contributed by atoms with van der Waals surface area (Å²) in [6, 6.07) is 28.8. The Morgan fingerprint density at radius 2 is 1.74 bits per heavy atom. The van der Waals surface area contributed by atoms with Crippen LogP contribution in [-0.4, -0.2) is 12.5 Å². The van der Waals surface area contributed by atoms with Crippen LogP contribution in [0.4, 0.5) is 5.69 Å². The van der Waals surface area contributed by atoms with E-state index in [9.17, 15) is 10.1 Å². The minimum atomic E-state index is -0.482. The molecule has 0 aliphatic rings. The van der Waals surface area contributed by atoms with Crippen molar-refractivity contribution in [2.24, 2.45) is 0 Å². The average molecular weight is 527 g/mol. The number of fused-ring (bicyclic) bond motifs is 1. The molecule has 0 fully saturated rings. The highest BCUT2D eigenvalue weighted by Crippen LogP contribution is 2.38. The molecule has 6 heteroatoms. The van der Waals surface area contributed by atoms with Gasteiger partial charge in [-0.05, 0) is 75.1 Å². The van der Waals surface area contributed by atoms with Gasteiger partial charge in [0.05, 0.1) is 11.1 Å². The number of hydrogen-bond acceptors (Lipinski definition) is 4. The molecule has 0 spiro atoms. The number of para-hydroxylation sites is 1. The van der Waals surface area contributed by atoms with E-state index in [1.807, 2.05) is 55.5 Å². The average Bonchev–Trinajstić information content (AvgIpc) is 2.87. The summed E-state index contributed by atoms with van der Waals surface area (Å²) in [6.45, 7) is 2.68. The predicted octanol–water partition coefficient (Wildman–Crippen LogP) is 7.13. The van der Waals surface area contributed by atoms with Crippen LogP contribution in [-0.2, 0) is 11.4 Å². The number of nitrogens with one attached hydrogen (secondary N) is 1. The second-order valence-corrected chi connectivity index (χ2v) is 8.53. The van der Waals surface area contributed by atoms with Crippen LogP contribution in [0.25, 0.3) is 16.8 Å². The molecule has 0 unspecified atom stereocenters. The molecule has 0 heterocycles. The van der Waals surface area contributed by atoms with Crippen molar-refractivity contribution in [1.82, 2.24) is 0 Å². The van der Waals surface area contributed by atoms with Crippen molar-refractivity contribution in [2.45, 2.75) is 13.5 Å². The number of halogens is 1. The lowest BCUT2D eigenvalue weighted by molar-refractivity contribution is -0.112. The largest absolute Gasteiger partial charge is 0.490 e. The molecule has 0 saturated carbocycles. The molecule has 174 valence electrons. The summed E-state index contributed by atoms with van der Waals surface area (Å²) in [5.74, 6) is 0.599. The molecule has 4 aromatic rings. The highest BCUT2D eigenvalue weighted by molar-refractivity contribution is 9.10. The molecule has 0 saturated heterocycles. The lowest BCUT2D eigenvalue weighted by atomic mass is 10.1. The topological polar surface area (TPSA) is 71.3 Å². The van der Waals surface area contributed by atoms with E-state index < -0.39 is 5.91 Å². The second-order valence-electron chi connectivity index (χ2n) is 7.68. The van der Waals surface area contributed by atoms with Crippen molar-refractivity contribution in [3.05, 3.63) is 106 Å². The molecule has 0 bridgehead atoms. The van der Waals surface area contributed by atoms with Crippen molar-refractivity contribution < 1.29 is 14.3 Å². The Bertz CT molecular complexity index is 1420. The molecule has 0 aliphatic carbocycles. The van der Waals surface area contributed by atoms with Crippen molar-refractivity contribution in [2.75, 3.05) is 11.9 Å². The molecule has 0 radical (unpaired) electrons. The minimum Gasteiger partial charge on any atom is -0.490 e. The van der Waals surface area contributed by atoms with E-state index in [0.29, 0.717) is 40.4 Å². The third-order valence-electron chi connectivity index (χ3n) is 5.29. The van der Waals surface area contributed by atoms with E-state index in [1.165, 1.54) is 6.08 Å². The molecule has 0 aromatic heterocycles. The van der Waals surface area contributed by atoms with Gasteiger partial charge in [-0.3, -0.25) is 4.79 Å². The van der Waals surface area contributed by atoms with Crippen LogP contribution in [0.5, 0.6) is 11.5 Å². The van der Waals surface area contributed by atoms with Gasteiger partial charge in [0.25, 0.3) is 5.91 Å². The molecule has 4 aromatic carbocycles. The molecule has 5 nitrogen and oxygen atoms in total. The van der Waals surface area contributed by atoms with Crippen LogP contribution >= 0.6 is 15.9 Å². The summed E-state index contributed by atoms with van der Waals surface area (Å²) in [7, 11) is 0. The van der Waals surface area contributed by atoms with Gasteiger partial charge in [-0.25, -0.2) is 0 Å². The summed E-state index contributed by atoms with van der Waals surface area (Å²) >= 11 is 3.58. The van der Waals surface area contributed by atoms with Gasteiger partial charge in [0.15, 0.2) is 11.5 Å². The third-order valence-corrected chi connectivity index (χ3v) is 5.88. The highest BCUT2D eigenvalue weighted by atomic mass is 79.9. The number of amides is 1. The SMILES string of the molecule is CCOc1cc(/C=C(\C#N)C(=O)Nc2ccccc2)cc(Br)c1OCc1cccc2ccccc12. The fourth-order valence-corrected chi connectivity index (χ4v) is 4.25. The fourth-order valence-electron chi connectivity index (χ4n) is 3.68. The molecule has 1 N–H and O–H groups in total. The second kappa shape index (κ2) is 11.4. The van der Waals surface area contributed by atoms with E-state index in [-0.39, 0.29) is 5.57 Å². The molecule has 1 amide bonds. The molecule has 0 aliphatic heterocycles. The molecular formula is C29H23BrN2O3. The Kier molecular flexibility index (Phi) is 7.81. The van der Waals surface area contributed by atoms with Crippen molar-refractivity contribution >= 4 is 44.4 Å². The van der Waals surface area contributed by atoms with Crippen LogP contribution in [0.15, 0.2) is 95.0 Å². The minimum absolute atomic E-state index is 0.0207. The van der Waals surface area contributed by atoms with Gasteiger partial charge in [0.2, 0.25) is 0 Å². The van der Waals surface area contributed by atoms with Crippen LogP contribution in [0.2, 0.25) is 0 Å². The number of rotatable bonds is 8. The van der Waals surface area contributed by atoms with E-state index in [0.717, 1.165) is 16.3 Å². The van der Waals surface area contributed by atoms with E-state index >= 15 is 0 Å². The lowest BCUT2D eigenvalue weighted by Crippen LogP contribution is -2.13. The first-order valence-corrected chi connectivity index (χ1v) is 11.9. The molecular weight excluding hydrogens is 504 g/mol. The number of nitrogens with zero attached hydrogens (tertiary/aromatic N) is 1. The van der Waals surface area contributed by atoms with E-state index in [1.54, 1.807) is 24.3 Å². The van der Waals surface area contributed by atoms with Gasteiger partial charge in [-0.1, -0.05) is 60.7 Å². The Balaban J connectivity index is 1.60. The van der Waals surface area contributed by atoms with Gasteiger partial charge in [-0.2, -0.15) is 5.26 Å².